The standard InChI is InChI=1S/C20H18Cl2N2O5/c1-3-26-16-7-5-4-6-14(16)19-23-18(29-24-19)11-27-20(25)12(2)28-17-9-8-13(21)10-15(17)22/h4-10,12H,3,11H2,1-2H3. The van der Waals surface area contributed by atoms with Crippen LogP contribution in [0, 0.1) is 0 Å². The van der Waals surface area contributed by atoms with E-state index < -0.39 is 12.1 Å². The van der Waals surface area contributed by atoms with Crippen molar-refractivity contribution in [1.82, 2.24) is 10.1 Å². The van der Waals surface area contributed by atoms with Gasteiger partial charge in [0.25, 0.3) is 5.89 Å². The summed E-state index contributed by atoms with van der Waals surface area (Å²) in [6, 6.07) is 12.0. The average molecular weight is 437 g/mol. The van der Waals surface area contributed by atoms with Crippen LogP contribution < -0.4 is 9.47 Å². The molecule has 1 aromatic heterocycles. The maximum atomic E-state index is 12.2. The highest BCUT2D eigenvalue weighted by molar-refractivity contribution is 6.35. The highest BCUT2D eigenvalue weighted by atomic mass is 35.5. The molecule has 0 amide bonds. The minimum atomic E-state index is -0.894. The number of hydrogen-bond donors (Lipinski definition) is 0. The third-order valence-corrected chi connectivity index (χ3v) is 4.29. The molecule has 29 heavy (non-hydrogen) atoms. The highest BCUT2D eigenvalue weighted by Crippen LogP contribution is 2.29. The number of nitrogens with zero attached hydrogens (tertiary/aromatic N) is 2. The first kappa shape index (κ1) is 21.0. The Morgan fingerprint density at radius 3 is 2.72 bits per heavy atom. The maximum Gasteiger partial charge on any atom is 0.347 e. The van der Waals surface area contributed by atoms with Gasteiger partial charge >= 0.3 is 5.97 Å². The molecule has 3 aromatic rings. The Kier molecular flexibility index (Phi) is 6.95. The molecule has 0 aliphatic heterocycles. The average Bonchev–Trinajstić information content (AvgIpc) is 3.17. The molecule has 2 aromatic carbocycles. The molecule has 152 valence electrons. The van der Waals surface area contributed by atoms with Gasteiger partial charge in [-0.1, -0.05) is 40.5 Å². The number of para-hydroxylation sites is 1. The number of rotatable bonds is 8. The van der Waals surface area contributed by atoms with Crippen molar-refractivity contribution in [2.24, 2.45) is 0 Å². The second-order valence-electron chi connectivity index (χ2n) is 5.88. The van der Waals surface area contributed by atoms with Gasteiger partial charge in [-0.15, -0.1) is 0 Å². The number of ether oxygens (including phenoxy) is 3. The lowest BCUT2D eigenvalue weighted by atomic mass is 10.2. The summed E-state index contributed by atoms with van der Waals surface area (Å²) < 4.78 is 21.4. The van der Waals surface area contributed by atoms with Crippen molar-refractivity contribution in [3.05, 3.63) is 58.4 Å². The largest absolute Gasteiger partial charge is 0.493 e. The van der Waals surface area contributed by atoms with Crippen LogP contribution in [0.25, 0.3) is 11.4 Å². The van der Waals surface area contributed by atoms with Crippen LogP contribution in [-0.2, 0) is 16.1 Å². The molecule has 0 N–H and O–H groups in total. The summed E-state index contributed by atoms with van der Waals surface area (Å²) in [4.78, 5) is 16.4. The van der Waals surface area contributed by atoms with Crippen LogP contribution in [0.3, 0.4) is 0 Å². The topological polar surface area (TPSA) is 83.7 Å². The summed E-state index contributed by atoms with van der Waals surface area (Å²) in [5.41, 5.74) is 0.685. The molecule has 0 bridgehead atoms. The van der Waals surface area contributed by atoms with Gasteiger partial charge in [0.15, 0.2) is 12.7 Å². The molecular formula is C20H18Cl2N2O5. The molecule has 3 rings (SSSR count). The van der Waals surface area contributed by atoms with Crippen molar-refractivity contribution in [3.63, 3.8) is 0 Å². The van der Waals surface area contributed by atoms with Gasteiger partial charge in [-0.25, -0.2) is 4.79 Å². The highest BCUT2D eigenvalue weighted by Gasteiger charge is 2.20. The number of esters is 1. The van der Waals surface area contributed by atoms with E-state index >= 15 is 0 Å². The molecule has 1 atom stereocenters. The van der Waals surface area contributed by atoms with E-state index in [1.165, 1.54) is 6.07 Å². The van der Waals surface area contributed by atoms with Gasteiger partial charge in [0, 0.05) is 5.02 Å². The predicted octanol–water partition coefficient (Wildman–Crippen LogP) is 4.95. The van der Waals surface area contributed by atoms with Crippen LogP contribution in [0.2, 0.25) is 10.0 Å². The number of benzene rings is 2. The van der Waals surface area contributed by atoms with E-state index in [9.17, 15) is 4.79 Å². The third-order valence-electron chi connectivity index (χ3n) is 3.76. The van der Waals surface area contributed by atoms with Crippen molar-refractivity contribution in [2.45, 2.75) is 26.6 Å². The van der Waals surface area contributed by atoms with E-state index in [0.717, 1.165) is 0 Å². The number of hydrogen-bond acceptors (Lipinski definition) is 7. The fraction of sp³-hybridized carbons (Fsp3) is 0.250. The lowest BCUT2D eigenvalue weighted by molar-refractivity contribution is -0.153. The number of carbonyl (C=O) groups excluding carboxylic acids is 1. The van der Waals surface area contributed by atoms with E-state index in [1.54, 1.807) is 19.1 Å². The lowest BCUT2D eigenvalue weighted by Gasteiger charge is -2.14. The Hall–Kier alpha value is -2.77. The van der Waals surface area contributed by atoms with Crippen LogP contribution in [-0.4, -0.2) is 28.8 Å². The molecule has 0 saturated heterocycles. The van der Waals surface area contributed by atoms with Crippen molar-refractivity contribution in [3.8, 4) is 22.9 Å². The molecule has 0 aliphatic rings. The van der Waals surface area contributed by atoms with Crippen LogP contribution in [0.1, 0.15) is 19.7 Å². The van der Waals surface area contributed by atoms with E-state index in [-0.39, 0.29) is 12.5 Å². The quantitative estimate of drug-likeness (QED) is 0.461. The van der Waals surface area contributed by atoms with Crippen LogP contribution in [0.5, 0.6) is 11.5 Å². The molecule has 0 radical (unpaired) electrons. The summed E-state index contributed by atoms with van der Waals surface area (Å²) in [6.07, 6.45) is -0.894. The van der Waals surface area contributed by atoms with Gasteiger partial charge in [0.05, 0.1) is 17.2 Å². The van der Waals surface area contributed by atoms with E-state index in [2.05, 4.69) is 10.1 Å². The van der Waals surface area contributed by atoms with Gasteiger partial charge in [0.1, 0.15) is 11.5 Å². The molecular weight excluding hydrogens is 419 g/mol. The summed E-state index contributed by atoms with van der Waals surface area (Å²) in [5, 5.41) is 4.69. The third kappa shape index (κ3) is 5.40. The zero-order valence-corrected chi connectivity index (χ0v) is 17.2. The monoisotopic (exact) mass is 436 g/mol. The van der Waals surface area contributed by atoms with Gasteiger partial charge < -0.3 is 18.7 Å². The first-order valence-corrected chi connectivity index (χ1v) is 9.56. The Morgan fingerprint density at radius 2 is 1.97 bits per heavy atom. The summed E-state index contributed by atoms with van der Waals surface area (Å²) in [7, 11) is 0. The predicted molar refractivity (Wildman–Crippen MR) is 107 cm³/mol. The van der Waals surface area contributed by atoms with Gasteiger partial charge in [0.2, 0.25) is 5.82 Å². The first-order chi connectivity index (χ1) is 14.0. The van der Waals surface area contributed by atoms with E-state index in [4.69, 9.17) is 41.9 Å². The molecule has 0 spiro atoms. The minimum absolute atomic E-state index is 0.149. The summed E-state index contributed by atoms with van der Waals surface area (Å²) in [6.45, 7) is 3.75. The van der Waals surface area contributed by atoms with Crippen molar-refractivity contribution < 1.29 is 23.5 Å². The van der Waals surface area contributed by atoms with E-state index in [1.807, 2.05) is 31.2 Å². The number of aromatic nitrogens is 2. The minimum Gasteiger partial charge on any atom is -0.493 e. The zero-order valence-electron chi connectivity index (χ0n) is 15.7. The number of carbonyl (C=O) groups is 1. The lowest BCUT2D eigenvalue weighted by Crippen LogP contribution is -2.26. The summed E-state index contributed by atoms with van der Waals surface area (Å²) >= 11 is 11.9. The number of halogens is 2. The molecule has 0 aliphatic carbocycles. The second-order valence-corrected chi connectivity index (χ2v) is 6.73. The Balaban J connectivity index is 1.60. The van der Waals surface area contributed by atoms with Crippen LogP contribution in [0.15, 0.2) is 47.0 Å². The molecule has 1 unspecified atom stereocenters. The van der Waals surface area contributed by atoms with Crippen LogP contribution in [0.4, 0.5) is 0 Å². The van der Waals surface area contributed by atoms with Gasteiger partial charge in [-0.2, -0.15) is 4.98 Å². The molecule has 9 heteroatoms. The molecule has 1 heterocycles. The Morgan fingerprint density at radius 1 is 1.17 bits per heavy atom. The smallest absolute Gasteiger partial charge is 0.347 e. The Bertz CT molecular complexity index is 993. The zero-order chi connectivity index (χ0) is 20.8. The van der Waals surface area contributed by atoms with Crippen LogP contribution >= 0.6 is 23.2 Å². The molecule has 0 saturated carbocycles. The fourth-order valence-electron chi connectivity index (χ4n) is 2.42. The molecule has 7 nitrogen and oxygen atoms in total. The van der Waals surface area contributed by atoms with Crippen molar-refractivity contribution >= 4 is 29.2 Å². The van der Waals surface area contributed by atoms with Gasteiger partial charge in [-0.3, -0.25) is 0 Å². The van der Waals surface area contributed by atoms with E-state index in [0.29, 0.717) is 39.5 Å². The summed E-state index contributed by atoms with van der Waals surface area (Å²) in [5.74, 6) is 0.855. The normalized spacial score (nSPS) is 11.7. The molecule has 0 fully saturated rings. The van der Waals surface area contributed by atoms with Crippen molar-refractivity contribution in [2.75, 3.05) is 6.61 Å². The van der Waals surface area contributed by atoms with Crippen molar-refractivity contribution in [1.29, 1.82) is 0 Å². The first-order valence-electron chi connectivity index (χ1n) is 8.81. The Labute approximate surface area is 177 Å². The maximum absolute atomic E-state index is 12.2. The second kappa shape index (κ2) is 9.62. The SMILES string of the molecule is CCOc1ccccc1-c1noc(COC(=O)C(C)Oc2ccc(Cl)cc2Cl)n1. The fourth-order valence-corrected chi connectivity index (χ4v) is 2.87. The van der Waals surface area contributed by atoms with Gasteiger partial charge in [-0.05, 0) is 44.2 Å².